The molecular weight excluding hydrogens is 216 g/mol. The fourth-order valence-corrected chi connectivity index (χ4v) is 1.71. The third kappa shape index (κ3) is 4.56. The van der Waals surface area contributed by atoms with Crippen molar-refractivity contribution >= 4 is 5.95 Å². The number of hydrogen-bond donors (Lipinski definition) is 1. The predicted octanol–water partition coefficient (Wildman–Crippen LogP) is 1.17. The van der Waals surface area contributed by atoms with Crippen LogP contribution in [-0.4, -0.2) is 43.8 Å². The molecule has 0 saturated heterocycles. The molecule has 1 heterocycles. The summed E-state index contributed by atoms with van der Waals surface area (Å²) in [5.41, 5.74) is 0. The molecule has 1 rings (SSSR count). The minimum absolute atomic E-state index is 0.546. The van der Waals surface area contributed by atoms with Gasteiger partial charge in [0.1, 0.15) is 0 Å². The van der Waals surface area contributed by atoms with Crippen molar-refractivity contribution in [3.05, 3.63) is 12.3 Å². The van der Waals surface area contributed by atoms with Gasteiger partial charge in [-0.15, -0.1) is 0 Å². The standard InChI is InChI=1S/C12H22N4O/c1-5-17-11-6-7-14-12(15-11)16(4)9-10(2)8-13-3/h6-7,10,13H,5,8-9H2,1-4H3. The highest BCUT2D eigenvalue weighted by Gasteiger charge is 2.09. The molecule has 0 fully saturated rings. The SMILES string of the molecule is CCOc1ccnc(N(C)CC(C)CNC)n1. The Morgan fingerprint density at radius 1 is 1.53 bits per heavy atom. The fourth-order valence-electron chi connectivity index (χ4n) is 1.71. The van der Waals surface area contributed by atoms with E-state index in [0.717, 1.165) is 13.1 Å². The molecule has 0 spiro atoms. The van der Waals surface area contributed by atoms with Crippen molar-refractivity contribution in [1.29, 1.82) is 0 Å². The van der Waals surface area contributed by atoms with Gasteiger partial charge in [-0.3, -0.25) is 0 Å². The maximum atomic E-state index is 5.36. The molecule has 0 bridgehead atoms. The Morgan fingerprint density at radius 3 is 2.94 bits per heavy atom. The van der Waals surface area contributed by atoms with Crippen LogP contribution in [0.4, 0.5) is 5.95 Å². The fraction of sp³-hybridized carbons (Fsp3) is 0.667. The first-order chi connectivity index (χ1) is 8.17. The Balaban J connectivity index is 2.61. The lowest BCUT2D eigenvalue weighted by Crippen LogP contribution is -2.30. The van der Waals surface area contributed by atoms with Crippen molar-refractivity contribution < 1.29 is 4.74 Å². The molecule has 1 unspecified atom stereocenters. The summed E-state index contributed by atoms with van der Waals surface area (Å²) in [5.74, 6) is 1.88. The zero-order valence-corrected chi connectivity index (χ0v) is 11.1. The summed E-state index contributed by atoms with van der Waals surface area (Å²) in [5, 5.41) is 3.16. The van der Waals surface area contributed by atoms with Crippen LogP contribution in [0.3, 0.4) is 0 Å². The predicted molar refractivity (Wildman–Crippen MR) is 69.6 cm³/mol. The van der Waals surface area contributed by atoms with E-state index in [4.69, 9.17) is 4.74 Å². The molecule has 1 N–H and O–H groups in total. The first kappa shape index (κ1) is 13.7. The first-order valence-electron chi connectivity index (χ1n) is 5.99. The van der Waals surface area contributed by atoms with Gasteiger partial charge in [0.25, 0.3) is 0 Å². The van der Waals surface area contributed by atoms with Gasteiger partial charge >= 0.3 is 0 Å². The van der Waals surface area contributed by atoms with E-state index in [-0.39, 0.29) is 0 Å². The molecule has 0 aliphatic rings. The van der Waals surface area contributed by atoms with Gasteiger partial charge in [0.15, 0.2) is 0 Å². The highest BCUT2D eigenvalue weighted by atomic mass is 16.5. The van der Waals surface area contributed by atoms with Crippen molar-refractivity contribution in [3.63, 3.8) is 0 Å². The lowest BCUT2D eigenvalue weighted by Gasteiger charge is -2.21. The minimum atomic E-state index is 0.546. The van der Waals surface area contributed by atoms with Crippen molar-refractivity contribution in [1.82, 2.24) is 15.3 Å². The van der Waals surface area contributed by atoms with Gasteiger partial charge in [0.2, 0.25) is 11.8 Å². The maximum Gasteiger partial charge on any atom is 0.228 e. The van der Waals surface area contributed by atoms with E-state index >= 15 is 0 Å². The van der Waals surface area contributed by atoms with Crippen LogP contribution in [0.15, 0.2) is 12.3 Å². The average Bonchev–Trinajstić information content (AvgIpc) is 2.30. The second-order valence-electron chi connectivity index (χ2n) is 4.17. The third-order valence-electron chi connectivity index (χ3n) is 2.39. The van der Waals surface area contributed by atoms with Gasteiger partial charge in [0, 0.05) is 25.9 Å². The minimum Gasteiger partial charge on any atom is -0.478 e. The third-order valence-corrected chi connectivity index (χ3v) is 2.39. The number of hydrogen-bond acceptors (Lipinski definition) is 5. The van der Waals surface area contributed by atoms with Crippen molar-refractivity contribution in [2.45, 2.75) is 13.8 Å². The molecule has 5 heteroatoms. The molecule has 0 aliphatic heterocycles. The molecule has 0 radical (unpaired) electrons. The summed E-state index contributed by atoms with van der Waals surface area (Å²) < 4.78 is 5.36. The monoisotopic (exact) mass is 238 g/mol. The Morgan fingerprint density at radius 2 is 2.29 bits per heavy atom. The van der Waals surface area contributed by atoms with Gasteiger partial charge in [-0.2, -0.15) is 4.98 Å². The summed E-state index contributed by atoms with van der Waals surface area (Å²) in [4.78, 5) is 10.6. The Bertz CT molecular complexity index is 332. The van der Waals surface area contributed by atoms with E-state index in [1.54, 1.807) is 12.3 Å². The lowest BCUT2D eigenvalue weighted by atomic mass is 10.2. The number of aromatic nitrogens is 2. The molecule has 1 atom stereocenters. The lowest BCUT2D eigenvalue weighted by molar-refractivity contribution is 0.326. The quantitative estimate of drug-likeness (QED) is 0.772. The van der Waals surface area contributed by atoms with Crippen molar-refractivity contribution in [2.24, 2.45) is 5.92 Å². The van der Waals surface area contributed by atoms with E-state index in [2.05, 4.69) is 22.2 Å². The van der Waals surface area contributed by atoms with Crippen LogP contribution in [0.5, 0.6) is 5.88 Å². The smallest absolute Gasteiger partial charge is 0.228 e. The van der Waals surface area contributed by atoms with Gasteiger partial charge in [-0.05, 0) is 26.4 Å². The zero-order valence-electron chi connectivity index (χ0n) is 11.1. The van der Waals surface area contributed by atoms with Crippen molar-refractivity contribution in [2.75, 3.05) is 38.7 Å². The number of nitrogens with one attached hydrogen (secondary N) is 1. The van der Waals surface area contributed by atoms with E-state index in [0.29, 0.717) is 24.4 Å². The van der Waals surface area contributed by atoms with Crippen molar-refractivity contribution in [3.8, 4) is 5.88 Å². The zero-order chi connectivity index (χ0) is 12.7. The van der Waals surface area contributed by atoms with Gasteiger partial charge in [-0.25, -0.2) is 4.98 Å². The summed E-state index contributed by atoms with van der Waals surface area (Å²) >= 11 is 0. The van der Waals surface area contributed by atoms with E-state index in [9.17, 15) is 0 Å². The van der Waals surface area contributed by atoms with Crippen LogP contribution in [-0.2, 0) is 0 Å². The van der Waals surface area contributed by atoms with Crippen LogP contribution in [0.1, 0.15) is 13.8 Å². The highest BCUT2D eigenvalue weighted by Crippen LogP contribution is 2.12. The number of anilines is 1. The molecule has 0 aliphatic carbocycles. The molecule has 1 aromatic heterocycles. The Labute approximate surface area is 103 Å². The van der Waals surface area contributed by atoms with E-state index in [1.807, 2.05) is 25.9 Å². The Kier molecular flexibility index (Phi) is 5.69. The molecular formula is C12H22N4O. The first-order valence-corrected chi connectivity index (χ1v) is 5.99. The summed E-state index contributed by atoms with van der Waals surface area (Å²) in [7, 11) is 3.96. The van der Waals surface area contributed by atoms with Gasteiger partial charge in [-0.1, -0.05) is 6.92 Å². The molecule has 5 nitrogen and oxygen atoms in total. The summed E-state index contributed by atoms with van der Waals surface area (Å²) in [6.45, 7) is 6.65. The summed E-state index contributed by atoms with van der Waals surface area (Å²) in [6.07, 6.45) is 1.73. The average molecular weight is 238 g/mol. The maximum absolute atomic E-state index is 5.36. The van der Waals surface area contributed by atoms with Crippen LogP contribution in [0.2, 0.25) is 0 Å². The molecule has 0 amide bonds. The van der Waals surface area contributed by atoms with Crippen LogP contribution in [0.25, 0.3) is 0 Å². The topological polar surface area (TPSA) is 50.3 Å². The normalized spacial score (nSPS) is 12.2. The molecule has 96 valence electrons. The van der Waals surface area contributed by atoms with E-state index in [1.165, 1.54) is 0 Å². The highest BCUT2D eigenvalue weighted by molar-refractivity contribution is 5.30. The molecule has 0 aromatic carbocycles. The van der Waals surface area contributed by atoms with Gasteiger partial charge in [0.05, 0.1) is 6.61 Å². The second-order valence-corrected chi connectivity index (χ2v) is 4.17. The number of rotatable bonds is 7. The summed E-state index contributed by atoms with van der Waals surface area (Å²) in [6, 6.07) is 1.78. The number of nitrogens with zero attached hydrogens (tertiary/aromatic N) is 3. The van der Waals surface area contributed by atoms with Gasteiger partial charge < -0.3 is 15.0 Å². The second kappa shape index (κ2) is 7.06. The molecule has 1 aromatic rings. The number of ether oxygens (including phenoxy) is 1. The van der Waals surface area contributed by atoms with Crippen LogP contribution in [0, 0.1) is 5.92 Å². The molecule has 0 saturated carbocycles. The molecule has 17 heavy (non-hydrogen) atoms. The van der Waals surface area contributed by atoms with Crippen LogP contribution >= 0.6 is 0 Å². The van der Waals surface area contributed by atoms with Crippen LogP contribution < -0.4 is 15.0 Å². The largest absolute Gasteiger partial charge is 0.478 e. The Hall–Kier alpha value is -1.36. The van der Waals surface area contributed by atoms with E-state index < -0.39 is 0 Å².